The van der Waals surface area contributed by atoms with E-state index in [1.54, 1.807) is 6.07 Å². The quantitative estimate of drug-likeness (QED) is 0.833. The molecule has 112 valence electrons. The van der Waals surface area contributed by atoms with E-state index in [0.717, 1.165) is 5.56 Å². The molecule has 0 aliphatic heterocycles. The average Bonchev–Trinajstić information content (AvgIpc) is 2.48. The Bertz CT molecular complexity index is 610. The first-order chi connectivity index (χ1) is 10.0. The Morgan fingerprint density at radius 1 is 1.00 bits per heavy atom. The van der Waals surface area contributed by atoms with Crippen molar-refractivity contribution in [2.75, 3.05) is 7.05 Å². The van der Waals surface area contributed by atoms with Gasteiger partial charge in [0.25, 0.3) is 0 Å². The van der Waals surface area contributed by atoms with Gasteiger partial charge in [0.15, 0.2) is 11.6 Å². The normalized spacial score (nSPS) is 12.5. The summed E-state index contributed by atoms with van der Waals surface area (Å²) in [5, 5.41) is 3.09. The molecule has 2 aromatic carbocycles. The Labute approximate surface area is 126 Å². The molecule has 0 spiro atoms. The summed E-state index contributed by atoms with van der Waals surface area (Å²) in [6, 6.07) is 13.0. The first kappa shape index (κ1) is 15.5. The molecule has 1 atom stereocenters. The second-order valence-electron chi connectivity index (χ2n) is 5.53. The van der Waals surface area contributed by atoms with Crippen LogP contribution in [0.25, 0.3) is 0 Å². The van der Waals surface area contributed by atoms with E-state index in [-0.39, 0.29) is 17.6 Å². The van der Waals surface area contributed by atoms with Gasteiger partial charge >= 0.3 is 0 Å². The molecule has 2 aromatic rings. The SMILES string of the molecule is CNC(C)c1ccc(Oc2cccc(C(C)C)c2)c(F)c1. The van der Waals surface area contributed by atoms with E-state index in [1.807, 2.05) is 44.3 Å². The highest BCUT2D eigenvalue weighted by Gasteiger charge is 2.10. The lowest BCUT2D eigenvalue weighted by Crippen LogP contribution is -2.12. The summed E-state index contributed by atoms with van der Waals surface area (Å²) in [6.45, 7) is 6.22. The third-order valence-corrected chi connectivity index (χ3v) is 3.64. The number of hydrogen-bond acceptors (Lipinski definition) is 2. The van der Waals surface area contributed by atoms with E-state index in [9.17, 15) is 4.39 Å². The third-order valence-electron chi connectivity index (χ3n) is 3.64. The van der Waals surface area contributed by atoms with E-state index < -0.39 is 0 Å². The maximum absolute atomic E-state index is 14.1. The fourth-order valence-corrected chi connectivity index (χ4v) is 2.10. The van der Waals surface area contributed by atoms with Crippen molar-refractivity contribution in [3.8, 4) is 11.5 Å². The highest BCUT2D eigenvalue weighted by atomic mass is 19.1. The van der Waals surface area contributed by atoms with Crippen LogP contribution in [0.4, 0.5) is 4.39 Å². The lowest BCUT2D eigenvalue weighted by Gasteiger charge is -2.13. The number of hydrogen-bond donors (Lipinski definition) is 1. The monoisotopic (exact) mass is 287 g/mol. The molecule has 0 aliphatic carbocycles. The number of halogens is 1. The number of rotatable bonds is 5. The van der Waals surface area contributed by atoms with Crippen LogP contribution in [0.3, 0.4) is 0 Å². The minimum Gasteiger partial charge on any atom is -0.454 e. The topological polar surface area (TPSA) is 21.3 Å². The Kier molecular flexibility index (Phi) is 4.97. The highest BCUT2D eigenvalue weighted by molar-refractivity contribution is 5.37. The molecule has 0 aromatic heterocycles. The second-order valence-corrected chi connectivity index (χ2v) is 5.53. The predicted molar refractivity (Wildman–Crippen MR) is 84.5 cm³/mol. The molecule has 1 N–H and O–H groups in total. The van der Waals surface area contributed by atoms with Crippen LogP contribution in [0.2, 0.25) is 0 Å². The van der Waals surface area contributed by atoms with Gasteiger partial charge in [-0.3, -0.25) is 0 Å². The van der Waals surface area contributed by atoms with Crippen molar-refractivity contribution < 1.29 is 9.13 Å². The van der Waals surface area contributed by atoms with Crippen molar-refractivity contribution in [1.82, 2.24) is 5.32 Å². The van der Waals surface area contributed by atoms with Gasteiger partial charge in [-0.05, 0) is 55.3 Å². The molecule has 0 saturated carbocycles. The lowest BCUT2D eigenvalue weighted by molar-refractivity contribution is 0.440. The van der Waals surface area contributed by atoms with Crippen LogP contribution in [0.1, 0.15) is 43.9 Å². The van der Waals surface area contributed by atoms with Crippen molar-refractivity contribution in [1.29, 1.82) is 0 Å². The molecule has 0 radical (unpaired) electrons. The minimum atomic E-state index is -0.343. The molecule has 2 nitrogen and oxygen atoms in total. The number of nitrogens with one attached hydrogen (secondary N) is 1. The summed E-state index contributed by atoms with van der Waals surface area (Å²) in [5.74, 6) is 0.985. The van der Waals surface area contributed by atoms with Crippen LogP contribution in [-0.2, 0) is 0 Å². The molecule has 21 heavy (non-hydrogen) atoms. The van der Waals surface area contributed by atoms with Crippen molar-refractivity contribution in [3.05, 3.63) is 59.4 Å². The van der Waals surface area contributed by atoms with Gasteiger partial charge in [0.1, 0.15) is 5.75 Å². The first-order valence-corrected chi connectivity index (χ1v) is 7.25. The smallest absolute Gasteiger partial charge is 0.166 e. The molecule has 1 unspecified atom stereocenters. The molecule has 0 heterocycles. The van der Waals surface area contributed by atoms with E-state index in [2.05, 4.69) is 19.2 Å². The van der Waals surface area contributed by atoms with Gasteiger partial charge in [-0.15, -0.1) is 0 Å². The summed E-state index contributed by atoms with van der Waals surface area (Å²) in [5.41, 5.74) is 2.08. The third kappa shape index (κ3) is 3.82. The predicted octanol–water partition coefficient (Wildman–Crippen LogP) is 5.02. The van der Waals surface area contributed by atoms with Crippen LogP contribution >= 0.6 is 0 Å². The zero-order chi connectivity index (χ0) is 15.4. The van der Waals surface area contributed by atoms with E-state index in [1.165, 1.54) is 11.6 Å². The highest BCUT2D eigenvalue weighted by Crippen LogP contribution is 2.28. The molecule has 0 fully saturated rings. The zero-order valence-electron chi connectivity index (χ0n) is 13.0. The molecule has 0 amide bonds. The Balaban J connectivity index is 2.22. The van der Waals surface area contributed by atoms with Gasteiger partial charge in [0.05, 0.1) is 0 Å². The van der Waals surface area contributed by atoms with E-state index >= 15 is 0 Å². The van der Waals surface area contributed by atoms with Crippen LogP contribution in [0.15, 0.2) is 42.5 Å². The largest absolute Gasteiger partial charge is 0.454 e. The Hall–Kier alpha value is -1.87. The van der Waals surface area contributed by atoms with Crippen LogP contribution < -0.4 is 10.1 Å². The van der Waals surface area contributed by atoms with E-state index in [4.69, 9.17) is 4.74 Å². The lowest BCUT2D eigenvalue weighted by atomic mass is 10.0. The molecule has 0 bridgehead atoms. The maximum Gasteiger partial charge on any atom is 0.166 e. The minimum absolute atomic E-state index is 0.109. The number of benzene rings is 2. The van der Waals surface area contributed by atoms with Crippen LogP contribution in [-0.4, -0.2) is 7.05 Å². The summed E-state index contributed by atoms with van der Waals surface area (Å²) in [6.07, 6.45) is 0. The summed E-state index contributed by atoms with van der Waals surface area (Å²) >= 11 is 0. The molecular weight excluding hydrogens is 265 g/mol. The molecule has 3 heteroatoms. The van der Waals surface area contributed by atoms with Crippen LogP contribution in [0, 0.1) is 5.82 Å². The Morgan fingerprint density at radius 3 is 2.38 bits per heavy atom. The van der Waals surface area contributed by atoms with Crippen molar-refractivity contribution in [2.45, 2.75) is 32.7 Å². The fraction of sp³-hybridized carbons (Fsp3) is 0.333. The van der Waals surface area contributed by atoms with Gasteiger partial charge in [0, 0.05) is 6.04 Å². The molecule has 0 saturated heterocycles. The van der Waals surface area contributed by atoms with Gasteiger partial charge in [0.2, 0.25) is 0 Å². The van der Waals surface area contributed by atoms with Gasteiger partial charge < -0.3 is 10.1 Å². The summed E-state index contributed by atoms with van der Waals surface area (Å²) in [4.78, 5) is 0. The fourth-order valence-electron chi connectivity index (χ4n) is 2.10. The zero-order valence-corrected chi connectivity index (χ0v) is 13.0. The van der Waals surface area contributed by atoms with Crippen molar-refractivity contribution in [3.63, 3.8) is 0 Å². The van der Waals surface area contributed by atoms with Crippen LogP contribution in [0.5, 0.6) is 11.5 Å². The summed E-state index contributed by atoms with van der Waals surface area (Å²) in [7, 11) is 1.85. The Morgan fingerprint density at radius 2 is 1.76 bits per heavy atom. The molecule has 2 rings (SSSR count). The average molecular weight is 287 g/mol. The summed E-state index contributed by atoms with van der Waals surface area (Å²) < 4.78 is 19.8. The van der Waals surface area contributed by atoms with Gasteiger partial charge in [-0.1, -0.05) is 32.0 Å². The van der Waals surface area contributed by atoms with Crippen molar-refractivity contribution >= 4 is 0 Å². The van der Waals surface area contributed by atoms with E-state index in [0.29, 0.717) is 11.7 Å². The standard InChI is InChI=1S/C18H22FNO/c1-12(2)14-6-5-7-16(10-14)21-18-9-8-15(11-17(18)19)13(3)20-4/h5-13,20H,1-4H3. The van der Waals surface area contributed by atoms with Gasteiger partial charge in [-0.2, -0.15) is 0 Å². The second kappa shape index (κ2) is 6.72. The first-order valence-electron chi connectivity index (χ1n) is 7.25. The van der Waals surface area contributed by atoms with Gasteiger partial charge in [-0.25, -0.2) is 4.39 Å². The molecule has 0 aliphatic rings. The molecular formula is C18H22FNO. The van der Waals surface area contributed by atoms with Crippen molar-refractivity contribution in [2.24, 2.45) is 0 Å². The maximum atomic E-state index is 14.1. The number of ether oxygens (including phenoxy) is 1.